The molecular weight excluding hydrogens is 252 g/mol. The lowest BCUT2D eigenvalue weighted by atomic mass is 9.76. The first kappa shape index (κ1) is 15.6. The first-order valence-corrected chi connectivity index (χ1v) is 6.57. The minimum absolute atomic E-state index is 0. The molecule has 0 aromatic rings. The summed E-state index contributed by atoms with van der Waals surface area (Å²) in [4.78, 5) is 13.9. The van der Waals surface area contributed by atoms with Crippen LogP contribution in [0.4, 0.5) is 4.79 Å². The molecular formula is C13H25ClN2O2. The molecule has 0 aromatic carbocycles. The Morgan fingerprint density at radius 2 is 1.67 bits per heavy atom. The summed E-state index contributed by atoms with van der Waals surface area (Å²) in [5.41, 5.74) is 5.61. The summed E-state index contributed by atoms with van der Waals surface area (Å²) in [6, 6.07) is 0.333. The number of hydrogen-bond acceptors (Lipinski definition) is 3. The van der Waals surface area contributed by atoms with Gasteiger partial charge in [0.05, 0.1) is 0 Å². The fraction of sp³-hybridized carbons (Fsp3) is 0.923. The molecule has 4 nitrogen and oxygen atoms in total. The van der Waals surface area contributed by atoms with Crippen molar-refractivity contribution in [1.82, 2.24) is 4.90 Å². The Labute approximate surface area is 116 Å². The van der Waals surface area contributed by atoms with E-state index in [9.17, 15) is 4.79 Å². The molecule has 1 saturated heterocycles. The first-order valence-electron chi connectivity index (χ1n) is 6.57. The van der Waals surface area contributed by atoms with Gasteiger partial charge in [0, 0.05) is 19.1 Å². The minimum atomic E-state index is -0.403. The summed E-state index contributed by atoms with van der Waals surface area (Å²) in [5, 5.41) is 0. The molecule has 1 saturated carbocycles. The molecule has 2 aliphatic rings. The van der Waals surface area contributed by atoms with Crippen molar-refractivity contribution in [3.8, 4) is 0 Å². The van der Waals surface area contributed by atoms with Crippen LogP contribution in [0.25, 0.3) is 0 Å². The maximum absolute atomic E-state index is 12.0. The van der Waals surface area contributed by atoms with Crippen LogP contribution in [0, 0.1) is 11.8 Å². The average Bonchev–Trinajstić information content (AvgIpc) is 2.12. The average molecular weight is 277 g/mol. The molecule has 1 unspecified atom stereocenters. The summed E-state index contributed by atoms with van der Waals surface area (Å²) in [5.74, 6) is 1.15. The highest BCUT2D eigenvalue weighted by molar-refractivity contribution is 5.85. The van der Waals surface area contributed by atoms with Crippen LogP contribution in [-0.2, 0) is 4.74 Å². The molecule has 2 bridgehead atoms. The standard InChI is InChI=1S/C13H24N2O2.ClH/c1-13(2,3)17-12(16)15-7-9-4-10(8-15)6-11(14)5-9;/h9-11H,4-8,14H2,1-3H3;1H/t9-,10+,11?;. The largest absolute Gasteiger partial charge is 0.444 e. The molecule has 0 radical (unpaired) electrons. The third-order valence-electron chi connectivity index (χ3n) is 3.55. The van der Waals surface area contributed by atoms with Gasteiger partial charge in [-0.15, -0.1) is 12.4 Å². The van der Waals surface area contributed by atoms with Crippen molar-refractivity contribution in [2.24, 2.45) is 17.6 Å². The Hall–Kier alpha value is -0.480. The second-order valence-electron chi connectivity index (χ2n) is 6.58. The summed E-state index contributed by atoms with van der Waals surface area (Å²) in [6.07, 6.45) is 3.17. The lowest BCUT2D eigenvalue weighted by Gasteiger charge is -2.43. The van der Waals surface area contributed by atoms with Crippen molar-refractivity contribution < 1.29 is 9.53 Å². The second kappa shape index (κ2) is 5.66. The lowest BCUT2D eigenvalue weighted by Crippen LogP contribution is -2.50. The van der Waals surface area contributed by atoms with E-state index in [1.165, 1.54) is 6.42 Å². The zero-order chi connectivity index (χ0) is 12.6. The Bertz CT molecular complexity index is 286. The molecule has 1 aliphatic carbocycles. The number of halogens is 1. The van der Waals surface area contributed by atoms with Gasteiger partial charge in [-0.25, -0.2) is 4.79 Å². The number of carbonyl (C=O) groups is 1. The van der Waals surface area contributed by atoms with Crippen LogP contribution >= 0.6 is 12.4 Å². The smallest absolute Gasteiger partial charge is 0.410 e. The van der Waals surface area contributed by atoms with E-state index in [0.29, 0.717) is 17.9 Å². The van der Waals surface area contributed by atoms with E-state index in [1.54, 1.807) is 0 Å². The fourth-order valence-corrected chi connectivity index (χ4v) is 3.09. The number of carbonyl (C=O) groups excluding carboxylic acids is 1. The van der Waals surface area contributed by atoms with E-state index in [2.05, 4.69) is 0 Å². The summed E-state index contributed by atoms with van der Waals surface area (Å²) < 4.78 is 5.43. The number of piperidine rings is 1. The van der Waals surface area contributed by atoms with Crippen LogP contribution < -0.4 is 5.73 Å². The number of ether oxygens (including phenoxy) is 1. The van der Waals surface area contributed by atoms with Crippen molar-refractivity contribution >= 4 is 18.5 Å². The van der Waals surface area contributed by atoms with Crippen LogP contribution in [0.15, 0.2) is 0 Å². The molecule has 106 valence electrons. The Morgan fingerprint density at radius 1 is 1.17 bits per heavy atom. The van der Waals surface area contributed by atoms with Crippen molar-refractivity contribution in [1.29, 1.82) is 0 Å². The molecule has 0 spiro atoms. The van der Waals surface area contributed by atoms with Gasteiger partial charge < -0.3 is 15.4 Å². The SMILES string of the molecule is CC(C)(C)OC(=O)N1C[C@@H]2CC(N)C[C@@H](C2)C1.Cl. The van der Waals surface area contributed by atoms with Crippen molar-refractivity contribution in [3.05, 3.63) is 0 Å². The van der Waals surface area contributed by atoms with Gasteiger partial charge in [-0.05, 0) is 51.9 Å². The predicted octanol–water partition coefficient (Wildman–Crippen LogP) is 2.40. The molecule has 2 N–H and O–H groups in total. The minimum Gasteiger partial charge on any atom is -0.444 e. The third kappa shape index (κ3) is 4.02. The third-order valence-corrected chi connectivity index (χ3v) is 3.55. The number of hydrogen-bond donors (Lipinski definition) is 1. The van der Waals surface area contributed by atoms with Crippen molar-refractivity contribution in [2.75, 3.05) is 13.1 Å². The van der Waals surface area contributed by atoms with Gasteiger partial charge in [0.15, 0.2) is 0 Å². The Morgan fingerprint density at radius 3 is 2.11 bits per heavy atom. The molecule has 1 heterocycles. The van der Waals surface area contributed by atoms with Crippen LogP contribution in [0.5, 0.6) is 0 Å². The van der Waals surface area contributed by atoms with E-state index in [0.717, 1.165) is 25.9 Å². The van der Waals surface area contributed by atoms with Crippen LogP contribution in [0.2, 0.25) is 0 Å². The molecule has 1 amide bonds. The summed E-state index contributed by atoms with van der Waals surface area (Å²) in [6.45, 7) is 7.36. The maximum Gasteiger partial charge on any atom is 0.410 e. The maximum atomic E-state index is 12.0. The van der Waals surface area contributed by atoms with Gasteiger partial charge in [-0.3, -0.25) is 0 Å². The highest BCUT2D eigenvalue weighted by Gasteiger charge is 2.36. The molecule has 0 aromatic heterocycles. The molecule has 2 rings (SSSR count). The van der Waals surface area contributed by atoms with E-state index < -0.39 is 5.60 Å². The van der Waals surface area contributed by atoms with Gasteiger partial charge in [-0.2, -0.15) is 0 Å². The quantitative estimate of drug-likeness (QED) is 0.739. The number of rotatable bonds is 0. The molecule has 2 fully saturated rings. The highest BCUT2D eigenvalue weighted by atomic mass is 35.5. The normalized spacial score (nSPS) is 31.6. The van der Waals surface area contributed by atoms with Gasteiger partial charge >= 0.3 is 6.09 Å². The first-order chi connectivity index (χ1) is 7.83. The highest BCUT2D eigenvalue weighted by Crippen LogP contribution is 2.34. The fourth-order valence-electron chi connectivity index (χ4n) is 3.09. The van der Waals surface area contributed by atoms with Crippen LogP contribution in [-0.4, -0.2) is 35.7 Å². The van der Waals surface area contributed by atoms with Crippen molar-refractivity contribution in [2.45, 2.75) is 51.7 Å². The van der Waals surface area contributed by atoms with E-state index in [1.807, 2.05) is 25.7 Å². The number of likely N-dealkylation sites (tertiary alicyclic amines) is 1. The summed E-state index contributed by atoms with van der Waals surface area (Å²) >= 11 is 0. The van der Waals surface area contributed by atoms with Gasteiger partial charge in [0.1, 0.15) is 5.60 Å². The van der Waals surface area contributed by atoms with E-state index in [4.69, 9.17) is 10.5 Å². The van der Waals surface area contributed by atoms with E-state index in [-0.39, 0.29) is 18.5 Å². The topological polar surface area (TPSA) is 55.6 Å². The zero-order valence-corrected chi connectivity index (χ0v) is 12.3. The Balaban J connectivity index is 0.00000162. The number of nitrogens with two attached hydrogens (primary N) is 1. The van der Waals surface area contributed by atoms with Crippen LogP contribution in [0.1, 0.15) is 40.0 Å². The number of nitrogens with zero attached hydrogens (tertiary/aromatic N) is 1. The zero-order valence-electron chi connectivity index (χ0n) is 11.5. The van der Waals surface area contributed by atoms with E-state index >= 15 is 0 Å². The lowest BCUT2D eigenvalue weighted by molar-refractivity contribution is 0.00165. The number of amides is 1. The Kier molecular flexibility index (Phi) is 4.90. The number of fused-ring (bicyclic) bond motifs is 2. The van der Waals surface area contributed by atoms with Gasteiger partial charge in [0.25, 0.3) is 0 Å². The predicted molar refractivity (Wildman–Crippen MR) is 73.9 cm³/mol. The second-order valence-corrected chi connectivity index (χ2v) is 6.58. The van der Waals surface area contributed by atoms with Crippen molar-refractivity contribution in [3.63, 3.8) is 0 Å². The monoisotopic (exact) mass is 276 g/mol. The van der Waals surface area contributed by atoms with Crippen LogP contribution in [0.3, 0.4) is 0 Å². The molecule has 1 aliphatic heterocycles. The molecule has 3 atom stereocenters. The van der Waals surface area contributed by atoms with Gasteiger partial charge in [-0.1, -0.05) is 0 Å². The molecule has 18 heavy (non-hydrogen) atoms. The summed E-state index contributed by atoms with van der Waals surface area (Å²) in [7, 11) is 0. The molecule has 5 heteroatoms. The van der Waals surface area contributed by atoms with Gasteiger partial charge in [0.2, 0.25) is 0 Å².